The highest BCUT2D eigenvalue weighted by molar-refractivity contribution is 5.69. The molecule has 172 valence electrons. The number of amides is 1. The third-order valence-corrected chi connectivity index (χ3v) is 5.14. The van der Waals surface area contributed by atoms with Crippen molar-refractivity contribution in [2.45, 2.75) is 45.9 Å². The van der Waals surface area contributed by atoms with Crippen molar-refractivity contribution in [3.8, 4) is 23.2 Å². The molecule has 3 heterocycles. The summed E-state index contributed by atoms with van der Waals surface area (Å²) in [6.07, 6.45) is 2.52. The second-order valence-corrected chi connectivity index (χ2v) is 9.20. The molecule has 4 rings (SSSR count). The molecule has 0 radical (unpaired) electrons. The van der Waals surface area contributed by atoms with Gasteiger partial charge in [0.25, 0.3) is 0 Å². The fraction of sp³-hybridized carbons (Fsp3) is 0.400. The van der Waals surface area contributed by atoms with Crippen molar-refractivity contribution in [3.63, 3.8) is 0 Å². The van der Waals surface area contributed by atoms with E-state index in [4.69, 9.17) is 9.26 Å². The smallest absolute Gasteiger partial charge is 0.410 e. The number of nitrogens with zero attached hydrogens (tertiary/aromatic N) is 4. The van der Waals surface area contributed by atoms with Crippen LogP contribution in [0.5, 0.6) is 0 Å². The van der Waals surface area contributed by atoms with Gasteiger partial charge in [-0.3, -0.25) is 0 Å². The highest BCUT2D eigenvalue weighted by atomic mass is 16.6. The Kier molecular flexibility index (Phi) is 6.25. The number of benzene rings is 1. The zero-order chi connectivity index (χ0) is 23.6. The van der Waals surface area contributed by atoms with Crippen molar-refractivity contribution < 1.29 is 19.2 Å². The number of rotatable bonds is 4. The van der Waals surface area contributed by atoms with Gasteiger partial charge in [0.15, 0.2) is 5.76 Å². The normalized spacial score (nSPS) is 14.9. The lowest BCUT2D eigenvalue weighted by molar-refractivity contribution is 0.00592. The van der Waals surface area contributed by atoms with E-state index >= 15 is 0 Å². The molecule has 33 heavy (non-hydrogen) atoms. The molecule has 1 atom stereocenters. The van der Waals surface area contributed by atoms with E-state index in [1.165, 1.54) is 0 Å². The summed E-state index contributed by atoms with van der Waals surface area (Å²) >= 11 is 0. The van der Waals surface area contributed by atoms with Gasteiger partial charge in [-0.05, 0) is 52.0 Å². The van der Waals surface area contributed by atoms with E-state index in [0.717, 1.165) is 16.8 Å². The molecule has 1 fully saturated rings. The maximum Gasteiger partial charge on any atom is 0.410 e. The molecule has 1 amide bonds. The summed E-state index contributed by atoms with van der Waals surface area (Å²) in [4.78, 5) is 17.8. The Morgan fingerprint density at radius 3 is 2.70 bits per heavy atom. The molecule has 8 heteroatoms. The SMILES string of the molecule is C[C@H](O)c1nccn1Cc1cc(-c2ccc(C#CC3CN(C(=O)OC(C)(C)C)C3)cc2)on1. The molecule has 1 saturated heterocycles. The summed E-state index contributed by atoms with van der Waals surface area (Å²) in [6, 6.07) is 9.65. The van der Waals surface area contributed by atoms with Gasteiger partial charge >= 0.3 is 6.09 Å². The third kappa shape index (κ3) is 5.62. The van der Waals surface area contributed by atoms with Gasteiger partial charge in [0.05, 0.1) is 12.5 Å². The Bertz CT molecular complexity index is 1170. The van der Waals surface area contributed by atoms with E-state index in [9.17, 15) is 9.90 Å². The maximum atomic E-state index is 12.0. The topological polar surface area (TPSA) is 93.6 Å². The van der Waals surface area contributed by atoms with Crippen molar-refractivity contribution >= 4 is 6.09 Å². The van der Waals surface area contributed by atoms with E-state index in [0.29, 0.717) is 31.2 Å². The van der Waals surface area contributed by atoms with Crippen LogP contribution < -0.4 is 0 Å². The first kappa shape index (κ1) is 22.6. The monoisotopic (exact) mass is 448 g/mol. The van der Waals surface area contributed by atoms with Gasteiger partial charge in [0, 0.05) is 42.7 Å². The molecule has 1 aliphatic rings. The number of hydrogen-bond acceptors (Lipinski definition) is 6. The number of aliphatic hydroxyl groups is 1. The molecule has 0 saturated carbocycles. The summed E-state index contributed by atoms with van der Waals surface area (Å²) in [5.74, 6) is 7.80. The van der Waals surface area contributed by atoms with Crippen LogP contribution in [0.4, 0.5) is 4.79 Å². The molecule has 1 aliphatic heterocycles. The lowest BCUT2D eigenvalue weighted by Gasteiger charge is -2.37. The van der Waals surface area contributed by atoms with E-state index in [2.05, 4.69) is 22.0 Å². The third-order valence-electron chi connectivity index (χ3n) is 5.14. The molecule has 2 aromatic heterocycles. The van der Waals surface area contributed by atoms with Crippen LogP contribution in [0.15, 0.2) is 47.2 Å². The summed E-state index contributed by atoms with van der Waals surface area (Å²) in [5.41, 5.74) is 2.06. The zero-order valence-electron chi connectivity index (χ0n) is 19.3. The average Bonchev–Trinajstić information content (AvgIpc) is 3.36. The Morgan fingerprint density at radius 2 is 2.03 bits per heavy atom. The van der Waals surface area contributed by atoms with Crippen LogP contribution in [0.2, 0.25) is 0 Å². The predicted molar refractivity (Wildman–Crippen MR) is 122 cm³/mol. The average molecular weight is 449 g/mol. The molecule has 0 aliphatic carbocycles. The van der Waals surface area contributed by atoms with Crippen LogP contribution in [0.1, 0.15) is 50.9 Å². The molecule has 8 nitrogen and oxygen atoms in total. The minimum Gasteiger partial charge on any atom is -0.444 e. The number of likely N-dealkylation sites (tertiary alicyclic amines) is 1. The molecular weight excluding hydrogens is 420 g/mol. The number of carbonyl (C=O) groups is 1. The number of imidazole rings is 1. The van der Waals surface area contributed by atoms with E-state index in [-0.39, 0.29) is 12.0 Å². The molecule has 3 aromatic rings. The molecule has 0 unspecified atom stereocenters. The van der Waals surface area contributed by atoms with E-state index in [1.54, 1.807) is 24.2 Å². The first-order valence-electron chi connectivity index (χ1n) is 10.9. The predicted octanol–water partition coefficient (Wildman–Crippen LogP) is 3.86. The van der Waals surface area contributed by atoms with Gasteiger partial charge < -0.3 is 23.8 Å². The van der Waals surface area contributed by atoms with E-state index < -0.39 is 11.7 Å². The molecular formula is C25H28N4O4. The summed E-state index contributed by atoms with van der Waals surface area (Å²) in [5, 5.41) is 13.9. The molecule has 0 bridgehead atoms. The Hall–Kier alpha value is -3.57. The number of aromatic nitrogens is 3. The summed E-state index contributed by atoms with van der Waals surface area (Å²) in [7, 11) is 0. The van der Waals surface area contributed by atoms with E-state index in [1.807, 2.05) is 55.7 Å². The fourth-order valence-corrected chi connectivity index (χ4v) is 3.47. The van der Waals surface area contributed by atoms with Gasteiger partial charge in [-0.25, -0.2) is 9.78 Å². The standard InChI is InChI=1S/C25H28N4O4/c1-17(30)23-26-11-12-28(23)16-21-13-22(33-27-21)20-9-7-18(8-10-20)5-6-19-14-29(15-19)24(31)32-25(2,3)4/h7-13,17,19,30H,14-16H2,1-4H3/t17-/m0/s1. The van der Waals surface area contributed by atoms with Crippen LogP contribution in [0, 0.1) is 17.8 Å². The minimum absolute atomic E-state index is 0.156. The number of aliphatic hydroxyl groups excluding tert-OH is 1. The van der Waals surface area contributed by atoms with Crippen LogP contribution in [0.3, 0.4) is 0 Å². The summed E-state index contributed by atoms with van der Waals surface area (Å²) < 4.78 is 12.7. The quantitative estimate of drug-likeness (QED) is 0.609. The van der Waals surface area contributed by atoms with Gasteiger partial charge in [-0.2, -0.15) is 0 Å². The zero-order valence-corrected chi connectivity index (χ0v) is 19.3. The van der Waals surface area contributed by atoms with Crippen molar-refractivity contribution in [1.29, 1.82) is 0 Å². The highest BCUT2D eigenvalue weighted by Gasteiger charge is 2.32. The molecule has 1 aromatic carbocycles. The van der Waals surface area contributed by atoms with Crippen molar-refractivity contribution in [2.75, 3.05) is 13.1 Å². The lowest BCUT2D eigenvalue weighted by atomic mass is 10.0. The highest BCUT2D eigenvalue weighted by Crippen LogP contribution is 2.23. The van der Waals surface area contributed by atoms with Crippen LogP contribution >= 0.6 is 0 Å². The first-order chi connectivity index (χ1) is 15.7. The van der Waals surface area contributed by atoms with Gasteiger partial charge in [0.1, 0.15) is 23.2 Å². The molecule has 0 spiro atoms. The first-order valence-corrected chi connectivity index (χ1v) is 10.9. The number of hydrogen-bond donors (Lipinski definition) is 1. The van der Waals surface area contributed by atoms with Gasteiger partial charge in [-0.1, -0.05) is 17.0 Å². The van der Waals surface area contributed by atoms with Crippen molar-refractivity contribution in [2.24, 2.45) is 5.92 Å². The largest absolute Gasteiger partial charge is 0.444 e. The van der Waals surface area contributed by atoms with Crippen molar-refractivity contribution in [3.05, 3.63) is 59.8 Å². The Balaban J connectivity index is 1.33. The second-order valence-electron chi connectivity index (χ2n) is 9.20. The number of ether oxygens (including phenoxy) is 1. The molecule has 1 N–H and O–H groups in total. The Labute approximate surface area is 193 Å². The minimum atomic E-state index is -0.652. The Morgan fingerprint density at radius 1 is 1.30 bits per heavy atom. The maximum absolute atomic E-state index is 12.0. The van der Waals surface area contributed by atoms with Crippen molar-refractivity contribution in [1.82, 2.24) is 19.6 Å². The van der Waals surface area contributed by atoms with Gasteiger partial charge in [0.2, 0.25) is 0 Å². The van der Waals surface area contributed by atoms with Crippen LogP contribution in [0.25, 0.3) is 11.3 Å². The number of carbonyl (C=O) groups excluding carboxylic acids is 1. The summed E-state index contributed by atoms with van der Waals surface area (Å²) in [6.45, 7) is 8.91. The fourth-order valence-electron chi connectivity index (χ4n) is 3.47. The second kappa shape index (κ2) is 9.12. The van der Waals surface area contributed by atoms with Crippen LogP contribution in [-0.2, 0) is 11.3 Å². The van der Waals surface area contributed by atoms with Gasteiger partial charge in [-0.15, -0.1) is 0 Å². The lowest BCUT2D eigenvalue weighted by Crippen LogP contribution is -2.51. The van der Waals surface area contributed by atoms with Crippen LogP contribution in [-0.4, -0.2) is 49.5 Å².